The van der Waals surface area contributed by atoms with Crippen molar-refractivity contribution in [2.24, 2.45) is 5.73 Å². The second-order valence-electron chi connectivity index (χ2n) is 5.01. The molecule has 1 amide bonds. The van der Waals surface area contributed by atoms with Crippen LogP contribution in [0.1, 0.15) is 49.8 Å². The van der Waals surface area contributed by atoms with Gasteiger partial charge in [0, 0.05) is 6.42 Å². The fraction of sp³-hybridized carbons (Fsp3) is 0.533. The van der Waals surface area contributed by atoms with Crippen LogP contribution in [0, 0.1) is 0 Å². The van der Waals surface area contributed by atoms with Crippen molar-refractivity contribution in [3.05, 3.63) is 35.4 Å². The topological polar surface area (TPSA) is 55.1 Å². The standard InChI is InChI=1S/C15H21F3N2O/c1-11(20-14(21)8-3-2-4-9-19)12-6-5-7-13(10-12)15(16,17)18/h5-7,10-11H,2-4,8-9,19H2,1H3,(H,20,21). The zero-order valence-corrected chi connectivity index (χ0v) is 12.0. The van der Waals surface area contributed by atoms with Gasteiger partial charge in [0.15, 0.2) is 0 Å². The number of alkyl halides is 3. The minimum Gasteiger partial charge on any atom is -0.350 e. The van der Waals surface area contributed by atoms with E-state index in [4.69, 9.17) is 5.73 Å². The summed E-state index contributed by atoms with van der Waals surface area (Å²) in [6, 6.07) is 4.57. The highest BCUT2D eigenvalue weighted by molar-refractivity contribution is 5.76. The molecule has 3 N–H and O–H groups in total. The molecule has 0 bridgehead atoms. The number of amides is 1. The molecule has 1 aromatic carbocycles. The first kappa shape index (κ1) is 17.5. The number of nitrogens with two attached hydrogens (primary N) is 1. The average molecular weight is 302 g/mol. The average Bonchev–Trinajstić information content (AvgIpc) is 2.43. The van der Waals surface area contributed by atoms with Crippen LogP contribution in [0.5, 0.6) is 0 Å². The first-order valence-corrected chi connectivity index (χ1v) is 7.01. The van der Waals surface area contributed by atoms with E-state index in [1.54, 1.807) is 13.0 Å². The second kappa shape index (κ2) is 8.02. The number of hydrogen-bond acceptors (Lipinski definition) is 2. The van der Waals surface area contributed by atoms with Crippen LogP contribution < -0.4 is 11.1 Å². The summed E-state index contributed by atoms with van der Waals surface area (Å²) in [4.78, 5) is 11.7. The summed E-state index contributed by atoms with van der Waals surface area (Å²) in [5.74, 6) is -0.156. The molecular weight excluding hydrogens is 281 g/mol. The Kier molecular flexibility index (Phi) is 6.68. The van der Waals surface area contributed by atoms with E-state index in [2.05, 4.69) is 5.32 Å². The Balaban J connectivity index is 2.55. The van der Waals surface area contributed by atoms with Crippen LogP contribution in [-0.2, 0) is 11.0 Å². The van der Waals surface area contributed by atoms with Gasteiger partial charge in [-0.3, -0.25) is 4.79 Å². The summed E-state index contributed by atoms with van der Waals surface area (Å²) >= 11 is 0. The molecule has 1 rings (SSSR count). The lowest BCUT2D eigenvalue weighted by molar-refractivity contribution is -0.137. The van der Waals surface area contributed by atoms with Crippen LogP contribution in [-0.4, -0.2) is 12.5 Å². The van der Waals surface area contributed by atoms with Crippen LogP contribution in [0.25, 0.3) is 0 Å². The molecule has 0 aliphatic heterocycles. The van der Waals surface area contributed by atoms with Gasteiger partial charge in [0.05, 0.1) is 11.6 Å². The number of hydrogen-bond donors (Lipinski definition) is 2. The lowest BCUT2D eigenvalue weighted by Gasteiger charge is -2.16. The van der Waals surface area contributed by atoms with E-state index >= 15 is 0 Å². The van der Waals surface area contributed by atoms with E-state index in [9.17, 15) is 18.0 Å². The summed E-state index contributed by atoms with van der Waals surface area (Å²) in [7, 11) is 0. The maximum Gasteiger partial charge on any atom is 0.416 e. The van der Waals surface area contributed by atoms with Crippen molar-refractivity contribution >= 4 is 5.91 Å². The molecule has 3 nitrogen and oxygen atoms in total. The number of nitrogens with one attached hydrogen (secondary N) is 1. The predicted molar refractivity (Wildman–Crippen MR) is 75.5 cm³/mol. The highest BCUT2D eigenvalue weighted by atomic mass is 19.4. The molecule has 0 heterocycles. The second-order valence-corrected chi connectivity index (χ2v) is 5.01. The summed E-state index contributed by atoms with van der Waals surface area (Å²) in [6.45, 7) is 2.27. The molecule has 0 aliphatic carbocycles. The third-order valence-electron chi connectivity index (χ3n) is 3.20. The number of unbranched alkanes of at least 4 members (excludes halogenated alkanes) is 2. The molecule has 0 aromatic heterocycles. The molecular formula is C15H21F3N2O. The maximum atomic E-state index is 12.6. The number of carbonyl (C=O) groups excluding carboxylic acids is 1. The van der Waals surface area contributed by atoms with Gasteiger partial charge in [0.2, 0.25) is 5.91 Å². The quantitative estimate of drug-likeness (QED) is 0.758. The van der Waals surface area contributed by atoms with Crippen molar-refractivity contribution in [2.75, 3.05) is 6.54 Å². The van der Waals surface area contributed by atoms with Gasteiger partial charge in [-0.05, 0) is 44.0 Å². The van der Waals surface area contributed by atoms with E-state index in [-0.39, 0.29) is 5.91 Å². The number of carbonyl (C=O) groups is 1. The van der Waals surface area contributed by atoms with Gasteiger partial charge < -0.3 is 11.1 Å². The number of rotatable bonds is 7. The van der Waals surface area contributed by atoms with Crippen molar-refractivity contribution in [3.63, 3.8) is 0 Å². The first-order valence-electron chi connectivity index (χ1n) is 7.01. The molecule has 1 atom stereocenters. The monoisotopic (exact) mass is 302 g/mol. The normalized spacial score (nSPS) is 13.0. The zero-order valence-electron chi connectivity index (χ0n) is 12.0. The lowest BCUT2D eigenvalue weighted by atomic mass is 10.0. The van der Waals surface area contributed by atoms with Crippen LogP contribution >= 0.6 is 0 Å². The highest BCUT2D eigenvalue weighted by Gasteiger charge is 2.30. The van der Waals surface area contributed by atoms with Crippen LogP contribution in [0.3, 0.4) is 0 Å². The Labute approximate surface area is 122 Å². The van der Waals surface area contributed by atoms with Crippen molar-refractivity contribution in [1.82, 2.24) is 5.32 Å². The summed E-state index contributed by atoms with van der Waals surface area (Å²) in [5, 5.41) is 2.71. The summed E-state index contributed by atoms with van der Waals surface area (Å²) < 4.78 is 37.9. The van der Waals surface area contributed by atoms with Crippen molar-refractivity contribution in [1.29, 1.82) is 0 Å². The van der Waals surface area contributed by atoms with E-state index in [0.29, 0.717) is 18.5 Å². The van der Waals surface area contributed by atoms with E-state index in [0.717, 1.165) is 31.4 Å². The van der Waals surface area contributed by atoms with Crippen molar-refractivity contribution in [2.45, 2.75) is 44.8 Å². The minimum absolute atomic E-state index is 0.156. The Bertz CT molecular complexity index is 460. The van der Waals surface area contributed by atoms with Gasteiger partial charge >= 0.3 is 6.18 Å². The molecule has 0 saturated heterocycles. The van der Waals surface area contributed by atoms with Crippen molar-refractivity contribution in [3.8, 4) is 0 Å². The molecule has 118 valence electrons. The fourth-order valence-electron chi connectivity index (χ4n) is 1.99. The SMILES string of the molecule is CC(NC(=O)CCCCCN)c1cccc(C(F)(F)F)c1. The molecule has 6 heteroatoms. The molecule has 0 radical (unpaired) electrons. The van der Waals surface area contributed by atoms with Crippen molar-refractivity contribution < 1.29 is 18.0 Å². The molecule has 1 aromatic rings. The Hall–Kier alpha value is -1.56. The van der Waals surface area contributed by atoms with Crippen LogP contribution in [0.4, 0.5) is 13.2 Å². The van der Waals surface area contributed by atoms with Gasteiger partial charge in [-0.1, -0.05) is 18.6 Å². The summed E-state index contributed by atoms with van der Waals surface area (Å²) in [5.41, 5.74) is 5.10. The van der Waals surface area contributed by atoms with E-state index in [1.807, 2.05) is 0 Å². The molecule has 0 spiro atoms. The smallest absolute Gasteiger partial charge is 0.350 e. The molecule has 0 aliphatic rings. The highest BCUT2D eigenvalue weighted by Crippen LogP contribution is 2.30. The third kappa shape index (κ3) is 6.16. The van der Waals surface area contributed by atoms with E-state index in [1.165, 1.54) is 6.07 Å². The largest absolute Gasteiger partial charge is 0.416 e. The zero-order chi connectivity index (χ0) is 15.9. The van der Waals surface area contributed by atoms with E-state index < -0.39 is 17.8 Å². The molecule has 0 saturated carbocycles. The lowest BCUT2D eigenvalue weighted by Crippen LogP contribution is -2.26. The van der Waals surface area contributed by atoms with Gasteiger partial charge in [-0.2, -0.15) is 13.2 Å². The Morgan fingerprint density at radius 2 is 2.00 bits per heavy atom. The van der Waals surface area contributed by atoms with Crippen LogP contribution in [0.15, 0.2) is 24.3 Å². The van der Waals surface area contributed by atoms with Gasteiger partial charge in [-0.25, -0.2) is 0 Å². The molecule has 21 heavy (non-hydrogen) atoms. The first-order chi connectivity index (χ1) is 9.84. The molecule has 0 fully saturated rings. The number of benzene rings is 1. The third-order valence-corrected chi connectivity index (χ3v) is 3.20. The summed E-state index contributed by atoms with van der Waals surface area (Å²) in [6.07, 6.45) is -1.53. The fourth-order valence-corrected chi connectivity index (χ4v) is 1.99. The van der Waals surface area contributed by atoms with Gasteiger partial charge in [-0.15, -0.1) is 0 Å². The molecule has 1 unspecified atom stereocenters. The number of halogens is 3. The minimum atomic E-state index is -4.37. The Morgan fingerprint density at radius 1 is 1.29 bits per heavy atom. The van der Waals surface area contributed by atoms with Gasteiger partial charge in [0.25, 0.3) is 0 Å². The predicted octanol–water partition coefficient (Wildman–Crippen LogP) is 3.40. The van der Waals surface area contributed by atoms with Crippen LogP contribution in [0.2, 0.25) is 0 Å². The maximum absolute atomic E-state index is 12.6. The Morgan fingerprint density at radius 3 is 2.62 bits per heavy atom. The van der Waals surface area contributed by atoms with Gasteiger partial charge in [0.1, 0.15) is 0 Å².